The Morgan fingerprint density at radius 3 is 2.53 bits per heavy atom. The molecule has 0 atom stereocenters. The Labute approximate surface area is 182 Å². The number of amides is 1. The van der Waals surface area contributed by atoms with Crippen molar-refractivity contribution in [3.8, 4) is 0 Å². The summed E-state index contributed by atoms with van der Waals surface area (Å²) in [6.45, 7) is 5.69. The highest BCUT2D eigenvalue weighted by atomic mass is 32.2. The monoisotopic (exact) mass is 451 g/mol. The van der Waals surface area contributed by atoms with Gasteiger partial charge < -0.3 is 9.88 Å². The third-order valence-electron chi connectivity index (χ3n) is 4.71. The van der Waals surface area contributed by atoms with Crippen LogP contribution in [0.3, 0.4) is 0 Å². The number of nitrogens with zero attached hydrogens (tertiary/aromatic N) is 3. The predicted octanol–water partition coefficient (Wildman–Crippen LogP) is 2.46. The van der Waals surface area contributed by atoms with Crippen molar-refractivity contribution in [3.05, 3.63) is 35.7 Å². The zero-order chi connectivity index (χ0) is 21.7. The van der Waals surface area contributed by atoms with Gasteiger partial charge >= 0.3 is 0 Å². The van der Waals surface area contributed by atoms with Gasteiger partial charge in [0.05, 0.1) is 4.90 Å². The molecule has 0 aliphatic heterocycles. The van der Waals surface area contributed by atoms with Gasteiger partial charge in [-0.2, -0.15) is 0 Å². The molecule has 0 unspecified atom stereocenters. The Morgan fingerprint density at radius 1 is 1.23 bits per heavy atom. The highest BCUT2D eigenvalue weighted by Crippen LogP contribution is 2.22. The van der Waals surface area contributed by atoms with E-state index >= 15 is 0 Å². The number of aryl methyl sites for hydroxylation is 1. The fourth-order valence-corrected chi connectivity index (χ4v) is 4.86. The van der Waals surface area contributed by atoms with Crippen LogP contribution >= 0.6 is 11.8 Å². The Kier molecular flexibility index (Phi) is 7.54. The second-order valence-electron chi connectivity index (χ2n) is 7.89. The molecule has 0 saturated heterocycles. The van der Waals surface area contributed by atoms with E-state index in [0.717, 1.165) is 43.2 Å². The fourth-order valence-electron chi connectivity index (χ4n) is 3.03. The summed E-state index contributed by atoms with van der Waals surface area (Å²) in [5.74, 6) is 1.21. The van der Waals surface area contributed by atoms with Crippen molar-refractivity contribution in [2.75, 3.05) is 12.8 Å². The first-order valence-corrected chi connectivity index (χ1v) is 12.9. The lowest BCUT2D eigenvalue weighted by Crippen LogP contribution is -2.26. The maximum absolute atomic E-state index is 12.4. The molecular formula is C20H29N5O3S2. The minimum absolute atomic E-state index is 0.0521. The van der Waals surface area contributed by atoms with Crippen LogP contribution in [0.15, 0.2) is 34.3 Å². The van der Waals surface area contributed by atoms with E-state index in [1.54, 1.807) is 23.9 Å². The molecule has 3 rings (SSSR count). The second kappa shape index (κ2) is 9.93. The molecule has 2 N–H and O–H groups in total. The highest BCUT2D eigenvalue weighted by Gasteiger charge is 2.28. The van der Waals surface area contributed by atoms with Crippen LogP contribution in [-0.4, -0.2) is 47.9 Å². The summed E-state index contributed by atoms with van der Waals surface area (Å²) in [6.07, 6.45) is 5.22. The minimum atomic E-state index is -3.50. The van der Waals surface area contributed by atoms with E-state index in [0.29, 0.717) is 18.0 Å². The maximum atomic E-state index is 12.4. The SMILES string of the molecule is CSc1nnc(CCCNC(=O)c2ccc(S(=O)(=O)NC3CC3)cc2)n1CC(C)C. The lowest BCUT2D eigenvalue weighted by Gasteiger charge is -2.12. The molecule has 10 heteroatoms. The topological polar surface area (TPSA) is 106 Å². The number of thioether (sulfide) groups is 1. The van der Waals surface area contributed by atoms with Crippen LogP contribution in [-0.2, 0) is 23.0 Å². The standard InChI is InChI=1S/C20H29N5O3S2/c1-14(2)13-25-18(22-23-20(25)29-3)5-4-12-21-19(26)15-6-10-17(11-7-15)30(27,28)24-16-8-9-16/h6-7,10-11,14,16,24H,4-5,8-9,12-13H2,1-3H3,(H,21,26). The second-order valence-corrected chi connectivity index (χ2v) is 10.4. The van der Waals surface area contributed by atoms with Gasteiger partial charge in [0.1, 0.15) is 5.82 Å². The van der Waals surface area contributed by atoms with E-state index in [1.165, 1.54) is 12.1 Å². The summed E-state index contributed by atoms with van der Waals surface area (Å²) in [6, 6.07) is 6.08. The lowest BCUT2D eigenvalue weighted by atomic mass is 10.2. The molecule has 0 radical (unpaired) electrons. The molecule has 30 heavy (non-hydrogen) atoms. The van der Waals surface area contributed by atoms with E-state index in [2.05, 4.69) is 38.7 Å². The van der Waals surface area contributed by atoms with Crippen molar-refractivity contribution in [3.63, 3.8) is 0 Å². The van der Waals surface area contributed by atoms with Gasteiger partial charge in [0, 0.05) is 31.1 Å². The first kappa shape index (κ1) is 22.8. The summed E-state index contributed by atoms with van der Waals surface area (Å²) in [4.78, 5) is 12.5. The number of benzene rings is 1. The number of aromatic nitrogens is 3. The molecule has 1 aliphatic rings. The number of rotatable bonds is 11. The molecule has 1 amide bonds. The van der Waals surface area contributed by atoms with E-state index in [-0.39, 0.29) is 16.8 Å². The van der Waals surface area contributed by atoms with Crippen LogP contribution in [0.4, 0.5) is 0 Å². The smallest absolute Gasteiger partial charge is 0.251 e. The summed E-state index contributed by atoms with van der Waals surface area (Å²) < 4.78 is 29.2. The largest absolute Gasteiger partial charge is 0.352 e. The van der Waals surface area contributed by atoms with Gasteiger partial charge in [0.25, 0.3) is 5.91 Å². The number of hydrogen-bond donors (Lipinski definition) is 2. The maximum Gasteiger partial charge on any atom is 0.251 e. The van der Waals surface area contributed by atoms with Crippen LogP contribution in [0.25, 0.3) is 0 Å². The minimum Gasteiger partial charge on any atom is -0.352 e. The zero-order valence-electron chi connectivity index (χ0n) is 17.6. The molecular weight excluding hydrogens is 422 g/mol. The molecule has 1 saturated carbocycles. The number of nitrogens with one attached hydrogen (secondary N) is 2. The lowest BCUT2D eigenvalue weighted by molar-refractivity contribution is 0.0953. The van der Waals surface area contributed by atoms with Gasteiger partial charge in [-0.05, 0) is 55.7 Å². The predicted molar refractivity (Wildman–Crippen MR) is 117 cm³/mol. The molecule has 0 spiro atoms. The molecule has 2 aromatic rings. The number of carbonyl (C=O) groups excluding carboxylic acids is 1. The van der Waals surface area contributed by atoms with Gasteiger partial charge in [-0.25, -0.2) is 13.1 Å². The number of hydrogen-bond acceptors (Lipinski definition) is 6. The van der Waals surface area contributed by atoms with Gasteiger partial charge in [-0.1, -0.05) is 25.6 Å². The van der Waals surface area contributed by atoms with Gasteiger partial charge in [0.2, 0.25) is 10.0 Å². The van der Waals surface area contributed by atoms with E-state index in [4.69, 9.17) is 0 Å². The molecule has 8 nitrogen and oxygen atoms in total. The summed E-state index contributed by atoms with van der Waals surface area (Å²) in [5.41, 5.74) is 0.438. The summed E-state index contributed by atoms with van der Waals surface area (Å²) >= 11 is 1.58. The van der Waals surface area contributed by atoms with Crippen LogP contribution in [0.5, 0.6) is 0 Å². The molecule has 1 aliphatic carbocycles. The van der Waals surface area contributed by atoms with Crippen molar-refractivity contribution in [1.29, 1.82) is 0 Å². The van der Waals surface area contributed by atoms with Gasteiger partial charge in [0.15, 0.2) is 5.16 Å². The molecule has 1 aromatic heterocycles. The molecule has 164 valence electrons. The Hall–Kier alpha value is -1.91. The van der Waals surface area contributed by atoms with E-state index in [9.17, 15) is 13.2 Å². The van der Waals surface area contributed by atoms with Crippen molar-refractivity contribution in [2.24, 2.45) is 5.92 Å². The molecule has 0 bridgehead atoms. The number of sulfonamides is 1. The van der Waals surface area contributed by atoms with Crippen LogP contribution in [0, 0.1) is 5.92 Å². The van der Waals surface area contributed by atoms with Crippen molar-refractivity contribution in [2.45, 2.75) is 62.2 Å². The average molecular weight is 452 g/mol. The van der Waals surface area contributed by atoms with Gasteiger partial charge in [-0.15, -0.1) is 10.2 Å². The van der Waals surface area contributed by atoms with Crippen molar-refractivity contribution in [1.82, 2.24) is 24.8 Å². The van der Waals surface area contributed by atoms with Gasteiger partial charge in [-0.3, -0.25) is 4.79 Å². The Bertz CT molecular complexity index is 967. The first-order valence-electron chi connectivity index (χ1n) is 10.2. The third-order valence-corrected chi connectivity index (χ3v) is 6.92. The van der Waals surface area contributed by atoms with E-state index in [1.807, 2.05) is 6.26 Å². The summed E-state index contributed by atoms with van der Waals surface area (Å²) in [7, 11) is -3.50. The van der Waals surface area contributed by atoms with Crippen LogP contribution in [0.2, 0.25) is 0 Å². The molecule has 1 fully saturated rings. The third kappa shape index (κ3) is 6.05. The normalized spacial score (nSPS) is 14.3. The molecule has 1 heterocycles. The first-order chi connectivity index (χ1) is 14.3. The van der Waals surface area contributed by atoms with E-state index < -0.39 is 10.0 Å². The quantitative estimate of drug-likeness (QED) is 0.402. The zero-order valence-corrected chi connectivity index (χ0v) is 19.2. The Balaban J connectivity index is 1.50. The van der Waals surface area contributed by atoms with Crippen molar-refractivity contribution >= 4 is 27.7 Å². The van der Waals surface area contributed by atoms with Crippen LogP contribution < -0.4 is 10.0 Å². The van der Waals surface area contributed by atoms with Crippen molar-refractivity contribution < 1.29 is 13.2 Å². The fraction of sp³-hybridized carbons (Fsp3) is 0.550. The Morgan fingerprint density at radius 2 is 1.93 bits per heavy atom. The molecule has 1 aromatic carbocycles. The number of carbonyl (C=O) groups is 1. The highest BCUT2D eigenvalue weighted by molar-refractivity contribution is 7.98. The average Bonchev–Trinajstić information content (AvgIpc) is 3.43. The van der Waals surface area contributed by atoms with Crippen LogP contribution in [0.1, 0.15) is 49.3 Å². The summed E-state index contributed by atoms with van der Waals surface area (Å²) in [5, 5.41) is 12.3.